The third-order valence-corrected chi connectivity index (χ3v) is 5.78. The minimum absolute atomic E-state index is 0.0155. The predicted octanol–water partition coefficient (Wildman–Crippen LogP) is 1.96. The predicted molar refractivity (Wildman–Crippen MR) is 55.8 cm³/mol. The Bertz CT molecular complexity index is 235. The molecule has 74 valence electrons. The van der Waals surface area contributed by atoms with Gasteiger partial charge in [-0.2, -0.15) is 12.6 Å². The molecule has 0 aromatic carbocycles. The molecule has 2 heteroatoms. The maximum absolute atomic E-state index is 9.90. The molecule has 0 aromatic rings. The fourth-order valence-electron chi connectivity index (χ4n) is 4.31. The Hall–Kier alpha value is 0.310. The van der Waals surface area contributed by atoms with Crippen molar-refractivity contribution >= 4 is 12.6 Å². The van der Waals surface area contributed by atoms with E-state index in [9.17, 15) is 5.11 Å². The van der Waals surface area contributed by atoms with Crippen LogP contribution >= 0.6 is 12.6 Å². The van der Waals surface area contributed by atoms with Crippen LogP contribution in [0.25, 0.3) is 0 Å². The molecule has 1 N–H and O–H groups in total. The van der Waals surface area contributed by atoms with Crippen molar-refractivity contribution in [3.63, 3.8) is 0 Å². The number of aliphatic hydroxyl groups is 1. The van der Waals surface area contributed by atoms with E-state index in [2.05, 4.69) is 19.6 Å². The Kier molecular flexibility index (Phi) is 1.63. The van der Waals surface area contributed by atoms with Gasteiger partial charge in [-0.05, 0) is 54.1 Å². The lowest BCUT2D eigenvalue weighted by Gasteiger charge is -2.45. The molecule has 3 fully saturated rings. The van der Waals surface area contributed by atoms with Gasteiger partial charge < -0.3 is 5.11 Å². The summed E-state index contributed by atoms with van der Waals surface area (Å²) < 4.78 is 0. The lowest BCUT2D eigenvalue weighted by Crippen LogP contribution is -2.39. The number of hydrogen-bond donors (Lipinski definition) is 2. The minimum Gasteiger partial charge on any atom is -0.393 e. The van der Waals surface area contributed by atoms with E-state index in [0.717, 1.165) is 29.9 Å². The SMILES string of the molecule is CC1(CS)CC2C(O)CC3CC1[C@H]32. The Morgan fingerprint density at radius 2 is 2.23 bits per heavy atom. The van der Waals surface area contributed by atoms with E-state index in [1.807, 2.05) is 0 Å². The van der Waals surface area contributed by atoms with Gasteiger partial charge in [-0.3, -0.25) is 0 Å². The average molecular weight is 198 g/mol. The van der Waals surface area contributed by atoms with Gasteiger partial charge in [-0.25, -0.2) is 0 Å². The number of thiol groups is 1. The summed E-state index contributed by atoms with van der Waals surface area (Å²) in [4.78, 5) is 0. The highest BCUT2D eigenvalue weighted by Gasteiger charge is 2.64. The second-order valence-corrected chi connectivity index (χ2v) is 5.98. The third-order valence-electron chi connectivity index (χ3n) is 5.06. The van der Waals surface area contributed by atoms with Gasteiger partial charge in [0.05, 0.1) is 6.10 Å². The first-order valence-electron chi connectivity index (χ1n) is 5.44. The van der Waals surface area contributed by atoms with Gasteiger partial charge in [-0.1, -0.05) is 6.92 Å². The van der Waals surface area contributed by atoms with Gasteiger partial charge >= 0.3 is 0 Å². The van der Waals surface area contributed by atoms with Crippen molar-refractivity contribution in [2.24, 2.45) is 29.1 Å². The maximum Gasteiger partial charge on any atom is 0.0574 e. The van der Waals surface area contributed by atoms with Gasteiger partial charge in [0, 0.05) is 0 Å². The van der Waals surface area contributed by atoms with Crippen LogP contribution in [0.1, 0.15) is 26.2 Å². The Morgan fingerprint density at radius 1 is 1.46 bits per heavy atom. The maximum atomic E-state index is 9.90. The fourth-order valence-corrected chi connectivity index (χ4v) is 4.67. The third kappa shape index (κ3) is 0.892. The van der Waals surface area contributed by atoms with Crippen LogP contribution in [0.15, 0.2) is 0 Å². The molecule has 0 bridgehead atoms. The molecule has 3 aliphatic carbocycles. The summed E-state index contributed by atoms with van der Waals surface area (Å²) in [6, 6.07) is 0. The topological polar surface area (TPSA) is 20.2 Å². The molecule has 13 heavy (non-hydrogen) atoms. The van der Waals surface area contributed by atoms with Gasteiger partial charge in [0.2, 0.25) is 0 Å². The van der Waals surface area contributed by atoms with E-state index in [1.165, 1.54) is 12.8 Å². The van der Waals surface area contributed by atoms with Gasteiger partial charge in [0.25, 0.3) is 0 Å². The van der Waals surface area contributed by atoms with Crippen molar-refractivity contribution in [3.8, 4) is 0 Å². The summed E-state index contributed by atoms with van der Waals surface area (Å²) in [7, 11) is 0. The highest BCUT2D eigenvalue weighted by molar-refractivity contribution is 7.80. The van der Waals surface area contributed by atoms with Crippen LogP contribution in [0.3, 0.4) is 0 Å². The van der Waals surface area contributed by atoms with Crippen molar-refractivity contribution < 1.29 is 5.11 Å². The Balaban J connectivity index is 1.90. The molecule has 0 spiro atoms. The van der Waals surface area contributed by atoms with E-state index < -0.39 is 0 Å². The number of rotatable bonds is 1. The number of hydrogen-bond acceptors (Lipinski definition) is 2. The van der Waals surface area contributed by atoms with Crippen LogP contribution in [0, 0.1) is 29.1 Å². The van der Waals surface area contributed by atoms with Gasteiger partial charge in [-0.15, -0.1) is 0 Å². The average Bonchev–Trinajstić information content (AvgIpc) is 2.41. The van der Waals surface area contributed by atoms with E-state index in [0.29, 0.717) is 11.3 Å². The second-order valence-electron chi connectivity index (χ2n) is 5.66. The van der Waals surface area contributed by atoms with E-state index in [1.54, 1.807) is 0 Å². The zero-order valence-electron chi connectivity index (χ0n) is 8.11. The monoisotopic (exact) mass is 198 g/mol. The molecular weight excluding hydrogens is 180 g/mol. The van der Waals surface area contributed by atoms with Gasteiger partial charge in [0.1, 0.15) is 0 Å². The van der Waals surface area contributed by atoms with Crippen molar-refractivity contribution in [1.29, 1.82) is 0 Å². The Labute approximate surface area is 85.3 Å². The van der Waals surface area contributed by atoms with E-state index in [4.69, 9.17) is 0 Å². The van der Waals surface area contributed by atoms with Crippen LogP contribution in [0.5, 0.6) is 0 Å². The molecular formula is C11H18OS. The highest BCUT2D eigenvalue weighted by Crippen LogP contribution is 2.68. The molecule has 0 heterocycles. The fraction of sp³-hybridized carbons (Fsp3) is 1.00. The zero-order valence-corrected chi connectivity index (χ0v) is 9.00. The first-order chi connectivity index (χ1) is 6.15. The molecule has 0 saturated heterocycles. The molecule has 0 amide bonds. The van der Waals surface area contributed by atoms with Crippen LogP contribution in [0.2, 0.25) is 0 Å². The van der Waals surface area contributed by atoms with Crippen LogP contribution in [-0.2, 0) is 0 Å². The van der Waals surface area contributed by atoms with Crippen LogP contribution in [-0.4, -0.2) is 17.0 Å². The molecule has 3 rings (SSSR count). The van der Waals surface area contributed by atoms with E-state index >= 15 is 0 Å². The largest absolute Gasteiger partial charge is 0.393 e. The zero-order chi connectivity index (χ0) is 9.22. The molecule has 0 aliphatic heterocycles. The number of aliphatic hydroxyl groups excluding tert-OH is 1. The molecule has 5 unspecified atom stereocenters. The molecule has 0 radical (unpaired) electrons. The summed E-state index contributed by atoms with van der Waals surface area (Å²) in [5.74, 6) is 4.25. The lowest BCUT2D eigenvalue weighted by molar-refractivity contribution is 0.0497. The summed E-state index contributed by atoms with van der Waals surface area (Å²) in [6.07, 6.45) is 3.70. The van der Waals surface area contributed by atoms with Crippen molar-refractivity contribution in [3.05, 3.63) is 0 Å². The first-order valence-corrected chi connectivity index (χ1v) is 6.08. The summed E-state index contributed by atoms with van der Waals surface area (Å²) >= 11 is 4.48. The smallest absolute Gasteiger partial charge is 0.0574 e. The Morgan fingerprint density at radius 3 is 2.85 bits per heavy atom. The summed E-state index contributed by atoms with van der Waals surface area (Å²) in [5, 5.41) is 9.90. The normalized spacial score (nSPS) is 63.5. The van der Waals surface area contributed by atoms with Crippen molar-refractivity contribution in [2.75, 3.05) is 5.75 Å². The molecule has 3 aliphatic rings. The highest BCUT2D eigenvalue weighted by atomic mass is 32.1. The lowest BCUT2D eigenvalue weighted by atomic mass is 9.61. The first kappa shape index (κ1) is 8.60. The second kappa shape index (κ2) is 2.46. The molecule has 3 saturated carbocycles. The molecule has 0 aromatic heterocycles. The molecule has 6 atom stereocenters. The summed E-state index contributed by atoms with van der Waals surface area (Å²) in [6.45, 7) is 2.37. The standard InChI is InChI=1S/C11H18OS/c1-11(5-13)4-7-9(12)3-6-2-8(11)10(6)7/h6-10,12-13H,2-5H2,1H3/t6?,7?,8?,9?,10-,11?/m1/s1. The van der Waals surface area contributed by atoms with Crippen LogP contribution in [0.4, 0.5) is 0 Å². The van der Waals surface area contributed by atoms with Crippen molar-refractivity contribution in [2.45, 2.75) is 32.3 Å². The van der Waals surface area contributed by atoms with Gasteiger partial charge in [0.15, 0.2) is 0 Å². The minimum atomic E-state index is 0.0155. The quantitative estimate of drug-likeness (QED) is 0.617. The van der Waals surface area contributed by atoms with E-state index in [-0.39, 0.29) is 6.10 Å². The van der Waals surface area contributed by atoms with Crippen molar-refractivity contribution in [1.82, 2.24) is 0 Å². The van der Waals surface area contributed by atoms with Crippen LogP contribution < -0.4 is 0 Å². The molecule has 1 nitrogen and oxygen atoms in total. The summed E-state index contributed by atoms with van der Waals surface area (Å²) in [5.41, 5.74) is 0.441.